The molecule has 2 saturated heterocycles. The van der Waals surface area contributed by atoms with E-state index in [9.17, 15) is 5.11 Å². The first-order chi connectivity index (χ1) is 16.1. The number of aromatic nitrogens is 2. The number of methoxy groups -OCH3 is 1. The molecule has 0 atom stereocenters. The lowest BCUT2D eigenvalue weighted by Crippen LogP contribution is -2.46. The molecule has 33 heavy (non-hydrogen) atoms. The quantitative estimate of drug-likeness (QED) is 0.610. The third kappa shape index (κ3) is 5.00. The molecule has 2 aliphatic rings. The van der Waals surface area contributed by atoms with Crippen molar-refractivity contribution in [1.82, 2.24) is 14.9 Å². The standard InChI is InChI=1S/C25H30ClN5O2/c1-33-21-8-10-31(11-9-21)25-22-16-18(26)2-7-23(22)27-24(28-25)17-29-12-14-30(15-13-29)19-3-5-20(32)6-4-19/h2-7,16,21,32H,8-15,17H2,1H3. The predicted molar refractivity (Wildman–Crippen MR) is 132 cm³/mol. The van der Waals surface area contributed by atoms with Crippen molar-refractivity contribution < 1.29 is 9.84 Å². The first-order valence-corrected chi connectivity index (χ1v) is 12.0. The van der Waals surface area contributed by atoms with Crippen molar-refractivity contribution >= 4 is 34.0 Å². The molecule has 0 amide bonds. The molecule has 0 bridgehead atoms. The molecule has 3 heterocycles. The molecule has 8 heteroatoms. The van der Waals surface area contributed by atoms with Gasteiger partial charge in [0.25, 0.3) is 0 Å². The van der Waals surface area contributed by atoms with Crippen molar-refractivity contribution in [1.29, 1.82) is 0 Å². The minimum Gasteiger partial charge on any atom is -0.508 e. The summed E-state index contributed by atoms with van der Waals surface area (Å²) in [6.07, 6.45) is 2.32. The number of ether oxygens (including phenoxy) is 1. The number of piperazine rings is 1. The van der Waals surface area contributed by atoms with Crippen LogP contribution in [0.4, 0.5) is 11.5 Å². The fraction of sp³-hybridized carbons (Fsp3) is 0.440. The molecule has 0 radical (unpaired) electrons. The topological polar surface area (TPSA) is 65.0 Å². The van der Waals surface area contributed by atoms with E-state index in [1.54, 1.807) is 19.2 Å². The maximum absolute atomic E-state index is 9.54. The van der Waals surface area contributed by atoms with E-state index in [1.807, 2.05) is 30.3 Å². The third-order valence-corrected chi connectivity index (χ3v) is 6.95. The predicted octanol–water partition coefficient (Wildman–Crippen LogP) is 3.93. The van der Waals surface area contributed by atoms with Crippen molar-refractivity contribution in [2.75, 3.05) is 56.2 Å². The average Bonchev–Trinajstić information content (AvgIpc) is 2.85. The molecule has 0 spiro atoms. The van der Waals surface area contributed by atoms with Crippen LogP contribution in [0.3, 0.4) is 0 Å². The molecule has 174 valence electrons. The summed E-state index contributed by atoms with van der Waals surface area (Å²) >= 11 is 6.32. The Kier molecular flexibility index (Phi) is 6.53. The summed E-state index contributed by atoms with van der Waals surface area (Å²) in [5.74, 6) is 2.14. The number of aromatic hydroxyl groups is 1. The van der Waals surface area contributed by atoms with Crippen LogP contribution in [0.25, 0.3) is 10.9 Å². The Morgan fingerprint density at radius 3 is 2.36 bits per heavy atom. The number of phenolic OH excluding ortho intramolecular Hbond substituents is 1. The minimum absolute atomic E-state index is 0.300. The summed E-state index contributed by atoms with van der Waals surface area (Å²) in [4.78, 5) is 17.0. The lowest BCUT2D eigenvalue weighted by Gasteiger charge is -2.36. The largest absolute Gasteiger partial charge is 0.508 e. The first kappa shape index (κ1) is 22.2. The average molecular weight is 468 g/mol. The highest BCUT2D eigenvalue weighted by atomic mass is 35.5. The fourth-order valence-corrected chi connectivity index (χ4v) is 4.95. The SMILES string of the molecule is COC1CCN(c2nc(CN3CCN(c4ccc(O)cc4)CC3)nc3ccc(Cl)cc23)CC1. The van der Waals surface area contributed by atoms with Crippen LogP contribution in [0.1, 0.15) is 18.7 Å². The monoisotopic (exact) mass is 467 g/mol. The van der Waals surface area contributed by atoms with Crippen molar-refractivity contribution in [2.24, 2.45) is 0 Å². The number of anilines is 2. The van der Waals surface area contributed by atoms with Gasteiger partial charge in [-0.2, -0.15) is 0 Å². The number of fused-ring (bicyclic) bond motifs is 1. The van der Waals surface area contributed by atoms with Gasteiger partial charge < -0.3 is 19.6 Å². The highest BCUT2D eigenvalue weighted by Crippen LogP contribution is 2.30. The Balaban J connectivity index is 1.32. The van der Waals surface area contributed by atoms with E-state index in [0.29, 0.717) is 16.9 Å². The molecule has 2 fully saturated rings. The third-order valence-electron chi connectivity index (χ3n) is 6.71. The van der Waals surface area contributed by atoms with E-state index in [1.165, 1.54) is 0 Å². The Hall–Kier alpha value is -2.61. The summed E-state index contributed by atoms with van der Waals surface area (Å²) in [6, 6.07) is 13.3. The van der Waals surface area contributed by atoms with Crippen LogP contribution in [0, 0.1) is 0 Å². The van der Waals surface area contributed by atoms with E-state index >= 15 is 0 Å². The van der Waals surface area contributed by atoms with Gasteiger partial charge in [0.05, 0.1) is 18.2 Å². The molecule has 1 N–H and O–H groups in total. The van der Waals surface area contributed by atoms with Crippen molar-refractivity contribution in [3.63, 3.8) is 0 Å². The van der Waals surface area contributed by atoms with Gasteiger partial charge in [-0.3, -0.25) is 4.90 Å². The zero-order valence-electron chi connectivity index (χ0n) is 19.0. The zero-order valence-corrected chi connectivity index (χ0v) is 19.7. The Morgan fingerprint density at radius 2 is 1.67 bits per heavy atom. The lowest BCUT2D eigenvalue weighted by atomic mass is 10.1. The summed E-state index contributed by atoms with van der Waals surface area (Å²) in [5.41, 5.74) is 2.09. The van der Waals surface area contributed by atoms with Gasteiger partial charge in [0.15, 0.2) is 0 Å². The number of hydrogen-bond donors (Lipinski definition) is 1. The summed E-state index contributed by atoms with van der Waals surface area (Å²) < 4.78 is 5.55. The van der Waals surface area contributed by atoms with Gasteiger partial charge >= 0.3 is 0 Å². The van der Waals surface area contributed by atoms with E-state index in [2.05, 4.69) is 14.7 Å². The van der Waals surface area contributed by atoms with Crippen molar-refractivity contribution in [3.05, 3.63) is 53.3 Å². The van der Waals surface area contributed by atoms with Crippen LogP contribution in [0.5, 0.6) is 5.75 Å². The van der Waals surface area contributed by atoms with Crippen LogP contribution in [-0.2, 0) is 11.3 Å². The number of piperidine rings is 1. The van der Waals surface area contributed by atoms with Gasteiger partial charge in [0.1, 0.15) is 17.4 Å². The number of benzene rings is 2. The van der Waals surface area contributed by atoms with Gasteiger partial charge in [-0.15, -0.1) is 0 Å². The number of phenols is 1. The molecule has 7 nitrogen and oxygen atoms in total. The normalized spacial score (nSPS) is 18.2. The van der Waals surface area contributed by atoms with Gasteiger partial charge in [-0.25, -0.2) is 9.97 Å². The molecule has 0 saturated carbocycles. The molecule has 0 unspecified atom stereocenters. The fourth-order valence-electron chi connectivity index (χ4n) is 4.77. The molecule has 1 aromatic heterocycles. The van der Waals surface area contributed by atoms with Crippen LogP contribution < -0.4 is 9.80 Å². The Morgan fingerprint density at radius 1 is 0.939 bits per heavy atom. The maximum Gasteiger partial charge on any atom is 0.145 e. The number of halogens is 1. The molecular weight excluding hydrogens is 438 g/mol. The molecular formula is C25H30ClN5O2. The second kappa shape index (κ2) is 9.71. The van der Waals surface area contributed by atoms with Crippen LogP contribution in [-0.4, -0.2) is 72.5 Å². The van der Waals surface area contributed by atoms with Crippen molar-refractivity contribution in [2.45, 2.75) is 25.5 Å². The smallest absolute Gasteiger partial charge is 0.145 e. The number of nitrogens with zero attached hydrogens (tertiary/aromatic N) is 5. The van der Waals surface area contributed by atoms with Crippen LogP contribution in [0.15, 0.2) is 42.5 Å². The van der Waals surface area contributed by atoms with Crippen LogP contribution >= 0.6 is 11.6 Å². The highest BCUT2D eigenvalue weighted by molar-refractivity contribution is 6.31. The van der Waals surface area contributed by atoms with Crippen LogP contribution in [0.2, 0.25) is 5.02 Å². The van der Waals surface area contributed by atoms with Gasteiger partial charge in [0, 0.05) is 62.5 Å². The second-order valence-electron chi connectivity index (χ2n) is 8.83. The maximum atomic E-state index is 9.54. The highest BCUT2D eigenvalue weighted by Gasteiger charge is 2.24. The van der Waals surface area contributed by atoms with Gasteiger partial charge in [0.2, 0.25) is 0 Å². The van der Waals surface area contributed by atoms with E-state index in [4.69, 9.17) is 26.3 Å². The zero-order chi connectivity index (χ0) is 22.8. The van der Waals surface area contributed by atoms with Gasteiger partial charge in [-0.05, 0) is 55.3 Å². The number of rotatable bonds is 5. The lowest BCUT2D eigenvalue weighted by molar-refractivity contribution is 0.0818. The van der Waals surface area contributed by atoms with Gasteiger partial charge in [-0.1, -0.05) is 11.6 Å². The van der Waals surface area contributed by atoms with Crippen molar-refractivity contribution in [3.8, 4) is 5.75 Å². The molecule has 3 aromatic rings. The second-order valence-corrected chi connectivity index (χ2v) is 9.26. The summed E-state index contributed by atoms with van der Waals surface area (Å²) in [5, 5.41) is 11.3. The minimum atomic E-state index is 0.300. The molecule has 5 rings (SSSR count). The van der Waals surface area contributed by atoms with E-state index in [0.717, 1.165) is 86.9 Å². The summed E-state index contributed by atoms with van der Waals surface area (Å²) in [7, 11) is 1.79. The molecule has 2 aliphatic heterocycles. The van der Waals surface area contributed by atoms with E-state index in [-0.39, 0.29) is 0 Å². The van der Waals surface area contributed by atoms with E-state index < -0.39 is 0 Å². The Labute approximate surface area is 199 Å². The number of hydrogen-bond acceptors (Lipinski definition) is 7. The molecule has 2 aromatic carbocycles. The first-order valence-electron chi connectivity index (χ1n) is 11.6. The Bertz CT molecular complexity index is 1090. The summed E-state index contributed by atoms with van der Waals surface area (Å²) in [6.45, 7) is 6.32. The molecule has 0 aliphatic carbocycles.